The Bertz CT molecular complexity index is 294. The van der Waals surface area contributed by atoms with E-state index in [1.165, 1.54) is 6.92 Å². The number of ketones is 1. The molecule has 1 aliphatic carbocycles. The van der Waals surface area contributed by atoms with Gasteiger partial charge in [-0.3, -0.25) is 9.59 Å². The summed E-state index contributed by atoms with van der Waals surface area (Å²) in [6.07, 6.45) is 0.224. The Hall–Kier alpha value is -0.900. The quantitative estimate of drug-likeness (QED) is 0.568. The average molecular weight is 198 g/mol. The van der Waals surface area contributed by atoms with Gasteiger partial charge < -0.3 is 9.84 Å². The SMILES string of the molecule is C[C@H]1C(=O)OC2C[C@](C)(O)C(=O)C[C@@H]21. The lowest BCUT2D eigenvalue weighted by atomic mass is 9.74. The lowest BCUT2D eigenvalue weighted by Gasteiger charge is -2.33. The molecule has 4 atom stereocenters. The van der Waals surface area contributed by atoms with Gasteiger partial charge in [0.2, 0.25) is 0 Å². The highest BCUT2D eigenvalue weighted by atomic mass is 16.6. The Morgan fingerprint density at radius 1 is 1.50 bits per heavy atom. The Morgan fingerprint density at radius 3 is 2.79 bits per heavy atom. The molecule has 78 valence electrons. The van der Waals surface area contributed by atoms with Gasteiger partial charge in [0, 0.05) is 18.8 Å². The molecule has 1 saturated carbocycles. The second kappa shape index (κ2) is 2.79. The van der Waals surface area contributed by atoms with Crippen LogP contribution in [0.3, 0.4) is 0 Å². The van der Waals surface area contributed by atoms with Crippen LogP contribution in [-0.2, 0) is 14.3 Å². The molecular weight excluding hydrogens is 184 g/mol. The molecule has 0 bridgehead atoms. The van der Waals surface area contributed by atoms with E-state index in [4.69, 9.17) is 4.74 Å². The minimum Gasteiger partial charge on any atom is -0.462 e. The standard InChI is InChI=1S/C10H14O4/c1-5-6-3-8(11)10(2,13)4-7(6)14-9(5)12/h5-7,13H,3-4H2,1-2H3/t5-,6-,7?,10+/m1/s1. The molecule has 4 nitrogen and oxygen atoms in total. The number of carbonyl (C=O) groups is 2. The van der Waals surface area contributed by atoms with Crippen LogP contribution >= 0.6 is 0 Å². The first kappa shape index (κ1) is 9.65. The molecule has 2 fully saturated rings. The average Bonchev–Trinajstić information content (AvgIpc) is 2.31. The van der Waals surface area contributed by atoms with Gasteiger partial charge in [-0.25, -0.2) is 0 Å². The van der Waals surface area contributed by atoms with Crippen LogP contribution in [0, 0.1) is 11.8 Å². The van der Waals surface area contributed by atoms with Crippen molar-refractivity contribution in [1.82, 2.24) is 0 Å². The van der Waals surface area contributed by atoms with E-state index >= 15 is 0 Å². The molecule has 0 spiro atoms. The molecule has 1 unspecified atom stereocenters. The maximum Gasteiger partial charge on any atom is 0.309 e. The molecular formula is C10H14O4. The van der Waals surface area contributed by atoms with Crippen LogP contribution in [0.1, 0.15) is 26.7 Å². The maximum atomic E-state index is 11.5. The molecule has 2 rings (SSSR count). The van der Waals surface area contributed by atoms with Crippen LogP contribution in [0.2, 0.25) is 0 Å². The molecule has 14 heavy (non-hydrogen) atoms. The molecule has 0 aromatic carbocycles. The van der Waals surface area contributed by atoms with Crippen LogP contribution in [0.4, 0.5) is 0 Å². The zero-order valence-corrected chi connectivity index (χ0v) is 8.32. The van der Waals surface area contributed by atoms with Gasteiger partial charge in [-0.15, -0.1) is 0 Å². The van der Waals surface area contributed by atoms with Gasteiger partial charge in [0.1, 0.15) is 11.7 Å². The molecule has 0 aromatic rings. The Kier molecular flexibility index (Phi) is 1.93. The monoisotopic (exact) mass is 198 g/mol. The van der Waals surface area contributed by atoms with Crippen molar-refractivity contribution >= 4 is 11.8 Å². The number of hydrogen-bond acceptors (Lipinski definition) is 4. The summed E-state index contributed by atoms with van der Waals surface area (Å²) in [5.41, 5.74) is -1.31. The first-order valence-corrected chi connectivity index (χ1v) is 4.88. The van der Waals surface area contributed by atoms with Crippen molar-refractivity contribution in [1.29, 1.82) is 0 Å². The molecule has 0 radical (unpaired) electrons. The summed E-state index contributed by atoms with van der Waals surface area (Å²) in [7, 11) is 0. The third-order valence-corrected chi connectivity index (χ3v) is 3.38. The minimum absolute atomic E-state index is 0.0322. The van der Waals surface area contributed by atoms with Gasteiger partial charge in [0.05, 0.1) is 5.92 Å². The molecule has 1 saturated heterocycles. The van der Waals surface area contributed by atoms with E-state index < -0.39 is 5.60 Å². The summed E-state index contributed by atoms with van der Waals surface area (Å²) >= 11 is 0. The van der Waals surface area contributed by atoms with E-state index in [1.54, 1.807) is 6.92 Å². The molecule has 4 heteroatoms. The van der Waals surface area contributed by atoms with Crippen molar-refractivity contribution in [3.8, 4) is 0 Å². The number of aliphatic hydroxyl groups is 1. The van der Waals surface area contributed by atoms with Crippen LogP contribution < -0.4 is 0 Å². The molecule has 1 N–H and O–H groups in total. The lowest BCUT2D eigenvalue weighted by molar-refractivity contribution is -0.153. The fraction of sp³-hybridized carbons (Fsp3) is 0.800. The van der Waals surface area contributed by atoms with E-state index in [2.05, 4.69) is 0 Å². The van der Waals surface area contributed by atoms with Gasteiger partial charge in [-0.1, -0.05) is 6.92 Å². The molecule has 1 aliphatic heterocycles. The van der Waals surface area contributed by atoms with E-state index in [9.17, 15) is 14.7 Å². The lowest BCUT2D eigenvalue weighted by Crippen LogP contribution is -2.47. The van der Waals surface area contributed by atoms with Gasteiger partial charge in [0.25, 0.3) is 0 Å². The topological polar surface area (TPSA) is 63.6 Å². The number of hydrogen-bond donors (Lipinski definition) is 1. The minimum atomic E-state index is -1.31. The number of esters is 1. The van der Waals surface area contributed by atoms with Gasteiger partial charge in [-0.05, 0) is 6.92 Å². The number of carbonyl (C=O) groups excluding carboxylic acids is 2. The zero-order valence-electron chi connectivity index (χ0n) is 8.32. The van der Waals surface area contributed by atoms with Crippen LogP contribution in [-0.4, -0.2) is 28.6 Å². The Balaban J connectivity index is 2.22. The van der Waals surface area contributed by atoms with Crippen molar-refractivity contribution in [3.63, 3.8) is 0 Å². The second-order valence-electron chi connectivity index (χ2n) is 4.53. The number of ether oxygens (including phenoxy) is 1. The zero-order chi connectivity index (χ0) is 10.5. The smallest absolute Gasteiger partial charge is 0.309 e. The highest BCUT2D eigenvalue weighted by Gasteiger charge is 2.51. The van der Waals surface area contributed by atoms with Crippen LogP contribution in [0.15, 0.2) is 0 Å². The summed E-state index contributed by atoms with van der Waals surface area (Å²) in [5, 5.41) is 9.72. The number of fused-ring (bicyclic) bond motifs is 1. The summed E-state index contributed by atoms with van der Waals surface area (Å²) in [6, 6.07) is 0. The Labute approximate surface area is 82.2 Å². The predicted molar refractivity (Wildman–Crippen MR) is 47.4 cm³/mol. The number of rotatable bonds is 0. The summed E-state index contributed by atoms with van der Waals surface area (Å²) in [6.45, 7) is 3.27. The Morgan fingerprint density at radius 2 is 2.14 bits per heavy atom. The van der Waals surface area contributed by atoms with Crippen molar-refractivity contribution in [2.24, 2.45) is 11.8 Å². The van der Waals surface area contributed by atoms with Crippen molar-refractivity contribution < 1.29 is 19.4 Å². The summed E-state index contributed by atoms with van der Waals surface area (Å²) in [4.78, 5) is 22.7. The maximum absolute atomic E-state index is 11.5. The number of Topliss-reactive ketones (excluding diaryl/α,β-unsaturated/α-hetero) is 1. The second-order valence-corrected chi connectivity index (χ2v) is 4.53. The third-order valence-electron chi connectivity index (χ3n) is 3.38. The van der Waals surface area contributed by atoms with E-state index in [1.807, 2.05) is 0 Å². The third kappa shape index (κ3) is 1.25. The normalized spacial score (nSPS) is 47.5. The van der Waals surface area contributed by atoms with E-state index in [-0.39, 0.29) is 42.5 Å². The van der Waals surface area contributed by atoms with Gasteiger partial charge in [-0.2, -0.15) is 0 Å². The highest BCUT2D eigenvalue weighted by molar-refractivity contribution is 5.89. The van der Waals surface area contributed by atoms with Crippen molar-refractivity contribution in [2.45, 2.75) is 38.4 Å². The van der Waals surface area contributed by atoms with E-state index in [0.717, 1.165) is 0 Å². The van der Waals surface area contributed by atoms with Crippen molar-refractivity contribution in [2.75, 3.05) is 0 Å². The van der Waals surface area contributed by atoms with Crippen LogP contribution in [0.5, 0.6) is 0 Å². The highest BCUT2D eigenvalue weighted by Crippen LogP contribution is 2.40. The van der Waals surface area contributed by atoms with E-state index in [0.29, 0.717) is 0 Å². The first-order valence-electron chi connectivity index (χ1n) is 4.88. The fourth-order valence-electron chi connectivity index (χ4n) is 2.28. The van der Waals surface area contributed by atoms with Crippen LogP contribution in [0.25, 0.3) is 0 Å². The summed E-state index contributed by atoms with van der Waals surface area (Å²) in [5.74, 6) is -0.662. The van der Waals surface area contributed by atoms with Crippen molar-refractivity contribution in [3.05, 3.63) is 0 Å². The predicted octanol–water partition coefficient (Wildman–Crippen LogP) is 0.278. The van der Waals surface area contributed by atoms with Gasteiger partial charge >= 0.3 is 5.97 Å². The first-order chi connectivity index (χ1) is 6.42. The largest absolute Gasteiger partial charge is 0.462 e. The molecule has 2 aliphatic rings. The van der Waals surface area contributed by atoms with Gasteiger partial charge in [0.15, 0.2) is 5.78 Å². The molecule has 0 amide bonds. The molecule has 0 aromatic heterocycles. The summed E-state index contributed by atoms with van der Waals surface area (Å²) < 4.78 is 5.11. The fourth-order valence-corrected chi connectivity index (χ4v) is 2.28. The molecule has 1 heterocycles.